The topological polar surface area (TPSA) is 137 Å². The highest BCUT2D eigenvalue weighted by Gasteiger charge is 2.31. The Hall–Kier alpha value is -3.97. The van der Waals surface area contributed by atoms with Gasteiger partial charge in [-0.15, -0.1) is 0 Å². The molecule has 2 heterocycles. The van der Waals surface area contributed by atoms with Crippen molar-refractivity contribution in [2.75, 3.05) is 57.6 Å². The summed E-state index contributed by atoms with van der Waals surface area (Å²) >= 11 is 0. The van der Waals surface area contributed by atoms with Gasteiger partial charge in [-0.1, -0.05) is 0 Å². The van der Waals surface area contributed by atoms with Crippen LogP contribution < -0.4 is 20.1 Å². The second-order valence-electron chi connectivity index (χ2n) is 8.70. The number of sulfonamides is 1. The van der Waals surface area contributed by atoms with Crippen LogP contribution in [0.1, 0.15) is 23.0 Å². The van der Waals surface area contributed by atoms with E-state index >= 15 is 0 Å². The van der Waals surface area contributed by atoms with Crippen molar-refractivity contribution in [1.29, 1.82) is 0 Å². The predicted octanol–water partition coefficient (Wildman–Crippen LogP) is 2.88. The molecule has 1 aromatic heterocycles. The SMILES string of the molecule is CCOC(=O)c1c(C)nc(N2CCN(S(=O)(=O)c3ccc(N)c(F)c3)CC2)nc1-c1ccc(OC)c(OC)c1. The van der Waals surface area contributed by atoms with Gasteiger partial charge in [-0.25, -0.2) is 27.6 Å². The minimum atomic E-state index is -3.92. The predicted molar refractivity (Wildman–Crippen MR) is 143 cm³/mol. The number of aryl methyl sites for hydroxylation is 1. The molecule has 0 amide bonds. The van der Waals surface area contributed by atoms with Gasteiger partial charge >= 0.3 is 5.97 Å². The number of aromatic nitrogens is 2. The van der Waals surface area contributed by atoms with Gasteiger partial charge in [0.1, 0.15) is 11.4 Å². The first kappa shape index (κ1) is 28.0. The maximum absolute atomic E-state index is 13.9. The molecule has 1 fully saturated rings. The zero-order valence-corrected chi connectivity index (χ0v) is 22.9. The van der Waals surface area contributed by atoms with Crippen LogP contribution in [0.5, 0.6) is 11.5 Å². The number of halogens is 1. The van der Waals surface area contributed by atoms with Crippen molar-refractivity contribution in [3.05, 3.63) is 53.5 Å². The van der Waals surface area contributed by atoms with E-state index in [0.717, 1.165) is 6.07 Å². The molecule has 0 saturated carbocycles. The van der Waals surface area contributed by atoms with E-state index in [0.29, 0.717) is 34.4 Å². The van der Waals surface area contributed by atoms with Crippen molar-refractivity contribution >= 4 is 27.6 Å². The second kappa shape index (κ2) is 11.4. The molecular formula is C26H30FN5O6S. The van der Waals surface area contributed by atoms with E-state index in [2.05, 4.69) is 4.98 Å². The standard InChI is InChI=1S/C26H30FN5O6S/c1-5-38-25(33)23-16(2)29-26(30-24(23)17-6-9-21(36-3)22(14-17)37-4)31-10-12-32(13-11-31)39(34,35)18-7-8-20(28)19(27)15-18/h6-9,14-15H,5,10-13,28H2,1-4H3. The van der Waals surface area contributed by atoms with Gasteiger partial charge in [0.15, 0.2) is 11.5 Å². The number of nitrogens with zero attached hydrogens (tertiary/aromatic N) is 4. The number of hydrogen-bond donors (Lipinski definition) is 1. The van der Waals surface area contributed by atoms with Crippen molar-refractivity contribution in [3.8, 4) is 22.8 Å². The number of methoxy groups -OCH3 is 2. The maximum atomic E-state index is 13.9. The van der Waals surface area contributed by atoms with Crippen LogP contribution in [-0.2, 0) is 14.8 Å². The molecule has 2 N–H and O–H groups in total. The smallest absolute Gasteiger partial charge is 0.342 e. The summed E-state index contributed by atoms with van der Waals surface area (Å²) in [5.74, 6) is -0.0364. The third kappa shape index (κ3) is 5.59. The molecule has 1 saturated heterocycles. The first-order valence-electron chi connectivity index (χ1n) is 12.2. The van der Waals surface area contributed by atoms with Crippen molar-refractivity contribution < 1.29 is 31.8 Å². The first-order valence-corrected chi connectivity index (χ1v) is 13.6. The highest BCUT2D eigenvalue weighted by atomic mass is 32.2. The normalized spacial score (nSPS) is 14.2. The summed E-state index contributed by atoms with van der Waals surface area (Å²) in [5.41, 5.74) is 6.94. The number of ether oxygens (including phenoxy) is 3. The van der Waals surface area contributed by atoms with E-state index in [4.69, 9.17) is 24.9 Å². The molecule has 0 spiro atoms. The number of nitrogens with two attached hydrogens (primary N) is 1. The van der Waals surface area contributed by atoms with Gasteiger partial charge < -0.3 is 24.8 Å². The molecule has 0 bridgehead atoms. The summed E-state index contributed by atoms with van der Waals surface area (Å²) in [6.07, 6.45) is 0. The number of esters is 1. The van der Waals surface area contributed by atoms with Crippen LogP contribution in [-0.4, -0.2) is 75.7 Å². The summed E-state index contributed by atoms with van der Waals surface area (Å²) < 4.78 is 57.4. The molecule has 0 radical (unpaired) electrons. The monoisotopic (exact) mass is 559 g/mol. The van der Waals surface area contributed by atoms with Gasteiger partial charge in [0.05, 0.1) is 42.8 Å². The van der Waals surface area contributed by atoms with E-state index in [1.165, 1.54) is 30.7 Å². The lowest BCUT2D eigenvalue weighted by Gasteiger charge is -2.34. The molecule has 0 aliphatic carbocycles. The van der Waals surface area contributed by atoms with Crippen LogP contribution in [0.4, 0.5) is 16.0 Å². The lowest BCUT2D eigenvalue weighted by Crippen LogP contribution is -2.49. The quantitative estimate of drug-likeness (QED) is 0.324. The molecule has 4 rings (SSSR count). The number of hydrogen-bond acceptors (Lipinski definition) is 10. The number of carbonyl (C=O) groups is 1. The fourth-order valence-corrected chi connectivity index (χ4v) is 5.72. The Morgan fingerprint density at radius 3 is 2.33 bits per heavy atom. The average Bonchev–Trinajstić information content (AvgIpc) is 2.93. The van der Waals surface area contributed by atoms with Crippen LogP contribution >= 0.6 is 0 Å². The van der Waals surface area contributed by atoms with Crippen molar-refractivity contribution in [3.63, 3.8) is 0 Å². The molecule has 3 aromatic rings. The molecule has 13 heteroatoms. The minimum absolute atomic E-state index is 0.122. The number of nitrogen functional groups attached to an aromatic ring is 1. The van der Waals surface area contributed by atoms with Crippen molar-refractivity contribution in [2.45, 2.75) is 18.7 Å². The van der Waals surface area contributed by atoms with E-state index in [1.807, 2.05) is 4.90 Å². The highest BCUT2D eigenvalue weighted by Crippen LogP contribution is 2.35. The molecular weight excluding hydrogens is 529 g/mol. The van der Waals surface area contributed by atoms with Gasteiger partial charge in [-0.2, -0.15) is 4.31 Å². The summed E-state index contributed by atoms with van der Waals surface area (Å²) in [5, 5.41) is 0. The Bertz CT molecular complexity index is 1490. The second-order valence-corrected chi connectivity index (χ2v) is 10.6. The van der Waals surface area contributed by atoms with E-state index in [1.54, 1.807) is 32.0 Å². The van der Waals surface area contributed by atoms with Crippen molar-refractivity contribution in [1.82, 2.24) is 14.3 Å². The Morgan fingerprint density at radius 1 is 1.03 bits per heavy atom. The molecule has 1 aliphatic rings. The third-order valence-electron chi connectivity index (χ3n) is 6.35. The molecule has 11 nitrogen and oxygen atoms in total. The van der Waals surface area contributed by atoms with Gasteiger partial charge in [0.2, 0.25) is 16.0 Å². The number of rotatable bonds is 8. The molecule has 39 heavy (non-hydrogen) atoms. The summed E-state index contributed by atoms with van der Waals surface area (Å²) in [6.45, 7) is 4.40. The molecule has 0 atom stereocenters. The zero-order valence-electron chi connectivity index (χ0n) is 22.1. The lowest BCUT2D eigenvalue weighted by molar-refractivity contribution is 0.0525. The van der Waals surface area contributed by atoms with Gasteiger partial charge in [-0.05, 0) is 50.2 Å². The van der Waals surface area contributed by atoms with Gasteiger partial charge in [0.25, 0.3) is 0 Å². The van der Waals surface area contributed by atoms with Crippen LogP contribution in [0.15, 0.2) is 41.3 Å². The average molecular weight is 560 g/mol. The summed E-state index contributed by atoms with van der Waals surface area (Å²) in [6, 6.07) is 8.62. The molecule has 0 unspecified atom stereocenters. The van der Waals surface area contributed by atoms with Crippen LogP contribution in [0.3, 0.4) is 0 Å². The van der Waals surface area contributed by atoms with E-state index < -0.39 is 21.8 Å². The Morgan fingerprint density at radius 2 is 1.72 bits per heavy atom. The maximum Gasteiger partial charge on any atom is 0.342 e. The Labute approximate surface area is 226 Å². The third-order valence-corrected chi connectivity index (χ3v) is 8.24. The minimum Gasteiger partial charge on any atom is -0.493 e. The molecule has 1 aliphatic heterocycles. The number of anilines is 2. The summed E-state index contributed by atoms with van der Waals surface area (Å²) in [4.78, 5) is 23.8. The highest BCUT2D eigenvalue weighted by molar-refractivity contribution is 7.89. The van der Waals surface area contributed by atoms with Gasteiger partial charge in [-0.3, -0.25) is 0 Å². The van der Waals surface area contributed by atoms with E-state index in [9.17, 15) is 17.6 Å². The molecule has 208 valence electrons. The van der Waals surface area contributed by atoms with Crippen LogP contribution in [0.25, 0.3) is 11.3 Å². The van der Waals surface area contributed by atoms with Crippen LogP contribution in [0, 0.1) is 12.7 Å². The van der Waals surface area contributed by atoms with Crippen molar-refractivity contribution in [2.24, 2.45) is 0 Å². The first-order chi connectivity index (χ1) is 18.6. The fraction of sp³-hybridized carbons (Fsp3) is 0.346. The number of piperazine rings is 1. The van der Waals surface area contributed by atoms with E-state index in [-0.39, 0.29) is 48.9 Å². The zero-order chi connectivity index (χ0) is 28.3. The van der Waals surface area contributed by atoms with Crippen LogP contribution in [0.2, 0.25) is 0 Å². The Balaban J connectivity index is 1.66. The summed E-state index contributed by atoms with van der Waals surface area (Å²) in [7, 11) is -0.885. The molecule has 2 aromatic carbocycles. The number of benzene rings is 2. The number of carbonyl (C=O) groups excluding carboxylic acids is 1. The lowest BCUT2D eigenvalue weighted by atomic mass is 10.0. The van der Waals surface area contributed by atoms with Gasteiger partial charge in [0, 0.05) is 31.7 Å². The largest absolute Gasteiger partial charge is 0.493 e. The Kier molecular flexibility index (Phi) is 8.21. The fourth-order valence-electron chi connectivity index (χ4n) is 4.29.